The van der Waals surface area contributed by atoms with Crippen molar-refractivity contribution in [1.29, 1.82) is 0 Å². The Morgan fingerprint density at radius 3 is 2.93 bits per heavy atom. The van der Waals surface area contributed by atoms with Gasteiger partial charge in [-0.05, 0) is 18.2 Å². The van der Waals surface area contributed by atoms with Crippen molar-refractivity contribution in [3.8, 4) is 0 Å². The smallest absolute Gasteiger partial charge is 0.169 e. The average Bonchev–Trinajstić information content (AvgIpc) is 2.14. The van der Waals surface area contributed by atoms with Crippen molar-refractivity contribution in [1.82, 2.24) is 0 Å². The number of anilines is 1. The van der Waals surface area contributed by atoms with Gasteiger partial charge in [0.05, 0.1) is 5.69 Å². The molecule has 1 heterocycles. The Bertz CT molecular complexity index is 389. The van der Waals surface area contributed by atoms with Gasteiger partial charge < -0.3 is 4.90 Å². The standard InChI is InChI=1S/C11H12FNO/c1-7-6-13(2)10-5-8(12)3-4-9(10)11(7)14/h3-5,7H,6H2,1-2H3. The minimum absolute atomic E-state index is 0.00189. The van der Waals surface area contributed by atoms with E-state index >= 15 is 0 Å². The Labute approximate surface area is 82.3 Å². The van der Waals surface area contributed by atoms with Gasteiger partial charge in [0.2, 0.25) is 0 Å². The first-order valence-corrected chi connectivity index (χ1v) is 4.64. The molecule has 1 aromatic carbocycles. The molecule has 3 heteroatoms. The second kappa shape index (κ2) is 3.08. The summed E-state index contributed by atoms with van der Waals surface area (Å²) in [5, 5.41) is 0. The second-order valence-corrected chi connectivity index (χ2v) is 3.81. The highest BCUT2D eigenvalue weighted by Gasteiger charge is 2.26. The molecule has 0 aliphatic carbocycles. The van der Waals surface area contributed by atoms with Crippen LogP contribution in [0.25, 0.3) is 0 Å². The molecule has 0 saturated carbocycles. The molecule has 14 heavy (non-hydrogen) atoms. The summed E-state index contributed by atoms with van der Waals surface area (Å²) in [6.45, 7) is 2.56. The molecule has 0 saturated heterocycles. The summed E-state index contributed by atoms with van der Waals surface area (Å²) < 4.78 is 13.0. The zero-order valence-corrected chi connectivity index (χ0v) is 8.25. The van der Waals surface area contributed by atoms with Crippen LogP contribution in [0.4, 0.5) is 10.1 Å². The minimum atomic E-state index is -0.294. The van der Waals surface area contributed by atoms with Gasteiger partial charge in [-0.25, -0.2) is 4.39 Å². The van der Waals surface area contributed by atoms with Gasteiger partial charge in [0, 0.05) is 25.1 Å². The summed E-state index contributed by atoms with van der Waals surface area (Å²) in [6, 6.07) is 4.32. The largest absolute Gasteiger partial charge is 0.373 e. The predicted molar refractivity (Wildman–Crippen MR) is 53.2 cm³/mol. The summed E-state index contributed by atoms with van der Waals surface area (Å²) in [4.78, 5) is 13.6. The van der Waals surface area contributed by atoms with Crippen LogP contribution < -0.4 is 4.90 Å². The Balaban J connectivity index is 2.56. The number of ketones is 1. The van der Waals surface area contributed by atoms with E-state index in [0.717, 1.165) is 0 Å². The zero-order valence-electron chi connectivity index (χ0n) is 8.25. The highest BCUT2D eigenvalue weighted by molar-refractivity contribution is 6.04. The molecule has 0 spiro atoms. The molecule has 1 aliphatic rings. The van der Waals surface area contributed by atoms with E-state index in [0.29, 0.717) is 17.8 Å². The molecule has 1 atom stereocenters. The Hall–Kier alpha value is -1.38. The Morgan fingerprint density at radius 1 is 1.50 bits per heavy atom. The number of benzene rings is 1. The van der Waals surface area contributed by atoms with Crippen LogP contribution in [0.1, 0.15) is 17.3 Å². The van der Waals surface area contributed by atoms with Gasteiger partial charge in [0.1, 0.15) is 5.82 Å². The monoisotopic (exact) mass is 193 g/mol. The SMILES string of the molecule is CC1CN(C)c2cc(F)ccc2C1=O. The first-order valence-electron chi connectivity index (χ1n) is 4.64. The van der Waals surface area contributed by atoms with Crippen molar-refractivity contribution in [2.75, 3.05) is 18.5 Å². The van der Waals surface area contributed by atoms with Crippen LogP contribution in [0.3, 0.4) is 0 Å². The van der Waals surface area contributed by atoms with E-state index in [1.165, 1.54) is 12.1 Å². The predicted octanol–water partition coefficient (Wildman–Crippen LogP) is 2.09. The molecule has 0 amide bonds. The fraction of sp³-hybridized carbons (Fsp3) is 0.364. The lowest BCUT2D eigenvalue weighted by Gasteiger charge is -2.30. The average molecular weight is 193 g/mol. The number of hydrogen-bond acceptors (Lipinski definition) is 2. The van der Waals surface area contributed by atoms with Crippen LogP contribution in [-0.4, -0.2) is 19.4 Å². The third-order valence-electron chi connectivity index (χ3n) is 2.63. The van der Waals surface area contributed by atoms with Crippen LogP contribution in [0.5, 0.6) is 0 Å². The fourth-order valence-corrected chi connectivity index (χ4v) is 1.89. The summed E-state index contributed by atoms with van der Waals surface area (Å²) >= 11 is 0. The summed E-state index contributed by atoms with van der Waals surface area (Å²) in [5.74, 6) is -0.186. The fourth-order valence-electron chi connectivity index (χ4n) is 1.89. The summed E-state index contributed by atoms with van der Waals surface area (Å²) in [5.41, 5.74) is 1.33. The summed E-state index contributed by atoms with van der Waals surface area (Å²) in [7, 11) is 1.88. The first kappa shape index (κ1) is 9.19. The molecule has 0 N–H and O–H groups in total. The van der Waals surface area contributed by atoms with E-state index in [4.69, 9.17) is 0 Å². The third kappa shape index (κ3) is 1.29. The maximum Gasteiger partial charge on any atom is 0.169 e. The number of nitrogens with zero attached hydrogens (tertiary/aromatic N) is 1. The van der Waals surface area contributed by atoms with E-state index < -0.39 is 0 Å². The number of fused-ring (bicyclic) bond motifs is 1. The zero-order chi connectivity index (χ0) is 10.3. The van der Waals surface area contributed by atoms with Crippen LogP contribution in [0.2, 0.25) is 0 Å². The second-order valence-electron chi connectivity index (χ2n) is 3.81. The van der Waals surface area contributed by atoms with Gasteiger partial charge in [0.15, 0.2) is 5.78 Å². The van der Waals surface area contributed by atoms with Gasteiger partial charge in [0.25, 0.3) is 0 Å². The number of rotatable bonds is 0. The number of carbonyl (C=O) groups is 1. The van der Waals surface area contributed by atoms with E-state index in [1.807, 2.05) is 18.9 Å². The van der Waals surface area contributed by atoms with Gasteiger partial charge in [-0.2, -0.15) is 0 Å². The quantitative estimate of drug-likeness (QED) is 0.628. The van der Waals surface area contributed by atoms with Crippen molar-refractivity contribution in [2.24, 2.45) is 5.92 Å². The number of Topliss-reactive ketones (excluding diaryl/α,β-unsaturated/α-hetero) is 1. The molecule has 74 valence electrons. The molecule has 1 aliphatic heterocycles. The van der Waals surface area contributed by atoms with E-state index in [1.54, 1.807) is 6.07 Å². The van der Waals surface area contributed by atoms with Crippen molar-refractivity contribution < 1.29 is 9.18 Å². The number of carbonyl (C=O) groups excluding carboxylic acids is 1. The molecule has 2 nitrogen and oxygen atoms in total. The maximum atomic E-state index is 13.0. The van der Waals surface area contributed by atoms with Crippen LogP contribution in [-0.2, 0) is 0 Å². The third-order valence-corrected chi connectivity index (χ3v) is 2.63. The summed E-state index contributed by atoms with van der Waals surface area (Å²) in [6.07, 6.45) is 0. The topological polar surface area (TPSA) is 20.3 Å². The first-order chi connectivity index (χ1) is 6.59. The molecule has 0 fully saturated rings. The number of hydrogen-bond donors (Lipinski definition) is 0. The van der Waals surface area contributed by atoms with Crippen LogP contribution in [0.15, 0.2) is 18.2 Å². The molecular formula is C11H12FNO. The lowest BCUT2D eigenvalue weighted by atomic mass is 9.93. The lowest BCUT2D eigenvalue weighted by Crippen LogP contribution is -2.35. The van der Waals surface area contributed by atoms with Crippen molar-refractivity contribution in [3.05, 3.63) is 29.6 Å². The van der Waals surface area contributed by atoms with Gasteiger partial charge in [-0.1, -0.05) is 6.92 Å². The highest BCUT2D eigenvalue weighted by atomic mass is 19.1. The van der Waals surface area contributed by atoms with E-state index in [9.17, 15) is 9.18 Å². The maximum absolute atomic E-state index is 13.0. The van der Waals surface area contributed by atoms with E-state index in [-0.39, 0.29) is 17.5 Å². The van der Waals surface area contributed by atoms with Gasteiger partial charge in [-0.15, -0.1) is 0 Å². The lowest BCUT2D eigenvalue weighted by molar-refractivity contribution is 0.0927. The van der Waals surface area contributed by atoms with Crippen LogP contribution in [0, 0.1) is 11.7 Å². The van der Waals surface area contributed by atoms with Gasteiger partial charge in [-0.3, -0.25) is 4.79 Å². The normalized spacial score (nSPS) is 20.9. The van der Waals surface area contributed by atoms with E-state index in [2.05, 4.69) is 0 Å². The molecular weight excluding hydrogens is 181 g/mol. The molecule has 0 aromatic heterocycles. The number of halogens is 1. The molecule has 1 aromatic rings. The highest BCUT2D eigenvalue weighted by Crippen LogP contribution is 2.28. The van der Waals surface area contributed by atoms with Crippen molar-refractivity contribution in [2.45, 2.75) is 6.92 Å². The molecule has 0 radical (unpaired) electrons. The molecule has 0 bridgehead atoms. The molecule has 2 rings (SSSR count). The Morgan fingerprint density at radius 2 is 2.21 bits per heavy atom. The van der Waals surface area contributed by atoms with Gasteiger partial charge >= 0.3 is 0 Å². The van der Waals surface area contributed by atoms with Crippen LogP contribution >= 0.6 is 0 Å². The molecule has 1 unspecified atom stereocenters. The Kier molecular flexibility index (Phi) is 2.02. The van der Waals surface area contributed by atoms with Crippen molar-refractivity contribution in [3.63, 3.8) is 0 Å². The van der Waals surface area contributed by atoms with Crippen molar-refractivity contribution >= 4 is 11.5 Å². The minimum Gasteiger partial charge on any atom is -0.373 e.